The number of amides is 1. The number of hydrogen-bond acceptors (Lipinski definition) is 7. The minimum Gasteiger partial charge on any atom is -0.481 e. The smallest absolute Gasteiger partial charge is 0.305 e. The van der Waals surface area contributed by atoms with E-state index >= 15 is 0 Å². The van der Waals surface area contributed by atoms with Gasteiger partial charge in [-0.05, 0) is 30.5 Å². The summed E-state index contributed by atoms with van der Waals surface area (Å²) in [5.41, 5.74) is 0.365. The van der Waals surface area contributed by atoms with Crippen LogP contribution < -0.4 is 26.4 Å². The average Bonchev–Trinajstić information content (AvgIpc) is 3.32. The molecule has 0 bridgehead atoms. The largest absolute Gasteiger partial charge is 0.481 e. The van der Waals surface area contributed by atoms with Gasteiger partial charge in [0, 0.05) is 31.2 Å². The predicted molar refractivity (Wildman–Crippen MR) is 130 cm³/mol. The minimum atomic E-state index is -1.07. The van der Waals surface area contributed by atoms with Crippen molar-refractivity contribution < 1.29 is 14.7 Å². The van der Waals surface area contributed by atoms with E-state index in [-0.39, 0.29) is 27.7 Å². The number of nitrogens with one attached hydrogen (secondary N) is 2. The van der Waals surface area contributed by atoms with Gasteiger partial charge in [-0.25, -0.2) is 0 Å². The molecule has 0 unspecified atom stereocenters. The zero-order chi connectivity index (χ0) is 24.4. The van der Waals surface area contributed by atoms with Crippen molar-refractivity contribution in [1.29, 1.82) is 0 Å². The van der Waals surface area contributed by atoms with Crippen LogP contribution in [0.15, 0.2) is 46.2 Å². The second-order valence-electron chi connectivity index (χ2n) is 7.93. The molecule has 11 heteroatoms. The highest BCUT2D eigenvalue weighted by Gasteiger charge is 2.30. The topological polar surface area (TPSA) is 129 Å². The monoisotopic (exact) mass is 502 g/mol. The van der Waals surface area contributed by atoms with Gasteiger partial charge in [0.15, 0.2) is 0 Å². The molecule has 9 nitrogen and oxygen atoms in total. The van der Waals surface area contributed by atoms with Crippen molar-refractivity contribution in [1.82, 2.24) is 4.98 Å². The third-order valence-corrected chi connectivity index (χ3v) is 6.23. The average molecular weight is 503 g/mol. The lowest BCUT2D eigenvalue weighted by molar-refractivity contribution is -0.137. The molecule has 4 rings (SSSR count). The van der Waals surface area contributed by atoms with Gasteiger partial charge in [0.2, 0.25) is 0 Å². The van der Waals surface area contributed by atoms with Crippen molar-refractivity contribution in [3.8, 4) is 0 Å². The van der Waals surface area contributed by atoms with Crippen molar-refractivity contribution in [2.75, 3.05) is 28.6 Å². The van der Waals surface area contributed by atoms with Gasteiger partial charge in [0.25, 0.3) is 16.8 Å². The van der Waals surface area contributed by atoms with Crippen LogP contribution in [0.1, 0.15) is 41.2 Å². The van der Waals surface area contributed by atoms with Crippen LogP contribution in [0.3, 0.4) is 0 Å². The van der Waals surface area contributed by atoms with Crippen LogP contribution in [0, 0.1) is 0 Å². The third-order valence-electron chi connectivity index (χ3n) is 5.66. The van der Waals surface area contributed by atoms with Crippen LogP contribution in [0.25, 0.3) is 0 Å². The van der Waals surface area contributed by atoms with Crippen LogP contribution in [0.2, 0.25) is 10.0 Å². The number of carboxylic acids is 1. The molecule has 2 aromatic carbocycles. The van der Waals surface area contributed by atoms with E-state index in [0.29, 0.717) is 30.0 Å². The lowest BCUT2D eigenvalue weighted by Gasteiger charge is -2.26. The maximum atomic E-state index is 12.6. The van der Waals surface area contributed by atoms with Crippen LogP contribution in [-0.2, 0) is 4.79 Å². The molecule has 0 saturated carbocycles. The summed E-state index contributed by atoms with van der Waals surface area (Å²) in [6.07, 6.45) is 4.17. The van der Waals surface area contributed by atoms with Crippen LogP contribution in [0.5, 0.6) is 0 Å². The number of halogens is 2. The lowest BCUT2D eigenvalue weighted by atomic mass is 10.0. The number of benzene rings is 1. The Kier molecular flexibility index (Phi) is 6.85. The number of rotatable bonds is 8. The molecule has 3 aromatic rings. The highest BCUT2D eigenvalue weighted by atomic mass is 35.5. The van der Waals surface area contributed by atoms with Crippen molar-refractivity contribution in [3.05, 3.63) is 78.3 Å². The Morgan fingerprint density at radius 1 is 1.03 bits per heavy atom. The summed E-state index contributed by atoms with van der Waals surface area (Å²) in [6.45, 7) is 1.37. The van der Waals surface area contributed by atoms with Gasteiger partial charge < -0.3 is 20.6 Å². The van der Waals surface area contributed by atoms with E-state index in [9.17, 15) is 24.3 Å². The second-order valence-corrected chi connectivity index (χ2v) is 8.74. The Morgan fingerprint density at radius 3 is 2.24 bits per heavy atom. The summed E-state index contributed by atoms with van der Waals surface area (Å²) < 4.78 is 0. The molecule has 1 atom stereocenters. The Labute approximate surface area is 204 Å². The molecule has 1 saturated heterocycles. The van der Waals surface area contributed by atoms with Gasteiger partial charge in [0.05, 0.1) is 28.1 Å². The number of nitrogens with zero attached hydrogens (tertiary/aromatic N) is 2. The molecule has 0 radical (unpaired) electrons. The van der Waals surface area contributed by atoms with Crippen molar-refractivity contribution in [3.63, 3.8) is 0 Å². The van der Waals surface area contributed by atoms with Crippen molar-refractivity contribution in [2.45, 2.75) is 25.3 Å². The SMILES string of the molecule is O=C(O)C[C@H](Nc1c(N2CCCC2)c(=O)c1=O)c1ccc(NC(=O)c2c(Cl)cncc2Cl)cc1. The van der Waals surface area contributed by atoms with Gasteiger partial charge in [-0.2, -0.15) is 0 Å². The first-order chi connectivity index (χ1) is 16.3. The normalized spacial score (nSPS) is 14.2. The molecule has 0 spiro atoms. The molecule has 2 heterocycles. The first kappa shape index (κ1) is 23.7. The molecule has 1 aliphatic heterocycles. The van der Waals surface area contributed by atoms with E-state index in [1.54, 1.807) is 24.3 Å². The first-order valence-corrected chi connectivity index (χ1v) is 11.3. The summed E-state index contributed by atoms with van der Waals surface area (Å²) in [7, 11) is 0. The van der Waals surface area contributed by atoms with Gasteiger partial charge in [-0.15, -0.1) is 0 Å². The van der Waals surface area contributed by atoms with Gasteiger partial charge in [-0.1, -0.05) is 35.3 Å². The molecular formula is C23H20Cl2N4O5. The Balaban J connectivity index is 1.54. The van der Waals surface area contributed by atoms with Crippen LogP contribution in [-0.4, -0.2) is 35.1 Å². The fourth-order valence-corrected chi connectivity index (χ4v) is 4.51. The zero-order valence-electron chi connectivity index (χ0n) is 17.8. The molecular weight excluding hydrogens is 483 g/mol. The number of carboxylic acid groups (broad SMARTS) is 1. The molecule has 1 aromatic heterocycles. The number of aromatic nitrogens is 1. The number of hydrogen-bond donors (Lipinski definition) is 3. The summed E-state index contributed by atoms with van der Waals surface area (Å²) in [5.74, 6) is -1.59. The molecule has 1 fully saturated rings. The summed E-state index contributed by atoms with van der Waals surface area (Å²) in [6, 6.07) is 5.70. The van der Waals surface area contributed by atoms with Crippen molar-refractivity contribution in [2.24, 2.45) is 0 Å². The van der Waals surface area contributed by atoms with E-state index in [1.807, 2.05) is 4.90 Å². The molecule has 1 amide bonds. The summed E-state index contributed by atoms with van der Waals surface area (Å²) in [5, 5.41) is 15.2. The maximum Gasteiger partial charge on any atom is 0.305 e. The van der Waals surface area contributed by atoms with Crippen LogP contribution in [0.4, 0.5) is 17.1 Å². The summed E-state index contributed by atoms with van der Waals surface area (Å²) in [4.78, 5) is 54.1. The number of aliphatic carboxylic acids is 1. The van der Waals surface area contributed by atoms with Crippen molar-refractivity contribution >= 4 is 52.1 Å². The third kappa shape index (κ3) is 4.76. The number of carbonyl (C=O) groups is 2. The Hall–Kier alpha value is -3.43. The summed E-state index contributed by atoms with van der Waals surface area (Å²) >= 11 is 12.0. The predicted octanol–water partition coefficient (Wildman–Crippen LogP) is 3.46. The Morgan fingerprint density at radius 2 is 1.65 bits per heavy atom. The number of pyridine rings is 1. The van der Waals surface area contributed by atoms with E-state index in [2.05, 4.69) is 15.6 Å². The molecule has 3 N–H and O–H groups in total. The number of anilines is 3. The van der Waals surface area contributed by atoms with E-state index in [0.717, 1.165) is 12.8 Å². The quantitative estimate of drug-likeness (QED) is 0.399. The van der Waals surface area contributed by atoms with Gasteiger partial charge in [-0.3, -0.25) is 24.2 Å². The standard InChI is InChI=1S/C23H20Cl2N4O5/c24-14-10-26-11-15(25)18(14)23(34)27-13-5-3-12(4-6-13)16(9-17(30)31)28-19-20(22(33)21(19)32)29-7-1-2-8-29/h3-6,10-11,16,28H,1-2,7-9H2,(H,27,34)(H,30,31)/t16-/m0/s1. The molecule has 1 aliphatic rings. The fraction of sp³-hybridized carbons (Fsp3) is 0.261. The first-order valence-electron chi connectivity index (χ1n) is 10.5. The highest BCUT2D eigenvalue weighted by molar-refractivity contribution is 6.40. The second kappa shape index (κ2) is 9.82. The maximum absolute atomic E-state index is 12.6. The van der Waals surface area contributed by atoms with Gasteiger partial charge >= 0.3 is 5.97 Å². The lowest BCUT2D eigenvalue weighted by Crippen LogP contribution is -2.42. The fourth-order valence-electron chi connectivity index (χ4n) is 3.98. The van der Waals surface area contributed by atoms with Gasteiger partial charge in [0.1, 0.15) is 11.4 Å². The highest BCUT2D eigenvalue weighted by Crippen LogP contribution is 2.30. The molecule has 0 aliphatic carbocycles. The Bertz CT molecular complexity index is 1290. The zero-order valence-corrected chi connectivity index (χ0v) is 19.3. The van der Waals surface area contributed by atoms with E-state index in [1.165, 1.54) is 12.4 Å². The molecule has 34 heavy (non-hydrogen) atoms. The minimum absolute atomic E-state index is 0.0855. The number of carbonyl (C=O) groups excluding carboxylic acids is 1. The van der Waals surface area contributed by atoms with E-state index in [4.69, 9.17) is 23.2 Å². The molecule has 176 valence electrons. The van der Waals surface area contributed by atoms with E-state index < -0.39 is 28.8 Å². The van der Waals surface area contributed by atoms with Crippen LogP contribution >= 0.6 is 23.2 Å².